The van der Waals surface area contributed by atoms with Crippen LogP contribution in [0.25, 0.3) is 0 Å². The molecule has 9 heteroatoms. The van der Waals surface area contributed by atoms with Gasteiger partial charge in [-0.25, -0.2) is 8.42 Å². The minimum Gasteiger partial charge on any atom is -0.416 e. The van der Waals surface area contributed by atoms with Crippen molar-refractivity contribution in [2.75, 3.05) is 22.6 Å². The summed E-state index contributed by atoms with van der Waals surface area (Å²) in [6.07, 6.45) is 1.09. The maximum Gasteiger partial charge on any atom is 0.277 e. The number of rotatable bonds is 6. The Hall–Kier alpha value is -1.87. The number of aromatic nitrogens is 2. The Bertz CT molecular complexity index is 908. The van der Waals surface area contributed by atoms with Crippen molar-refractivity contribution in [3.05, 3.63) is 35.2 Å². The molecule has 140 valence electrons. The molecule has 1 aliphatic rings. The van der Waals surface area contributed by atoms with Gasteiger partial charge in [-0.2, -0.15) is 0 Å². The van der Waals surface area contributed by atoms with Crippen molar-refractivity contribution in [1.82, 2.24) is 10.2 Å². The normalized spacial score (nSPS) is 18.8. The average Bonchev–Trinajstić information content (AvgIpc) is 3.16. The predicted molar refractivity (Wildman–Crippen MR) is 100 cm³/mol. The van der Waals surface area contributed by atoms with Gasteiger partial charge in [0.2, 0.25) is 11.8 Å². The molecule has 0 aliphatic carbocycles. The van der Waals surface area contributed by atoms with E-state index in [2.05, 4.69) is 15.5 Å². The zero-order valence-electron chi connectivity index (χ0n) is 14.7. The fraction of sp³-hybridized carbons (Fsp3) is 0.471. The first kappa shape index (κ1) is 18.9. The van der Waals surface area contributed by atoms with E-state index in [1.807, 2.05) is 32.0 Å². The summed E-state index contributed by atoms with van der Waals surface area (Å²) >= 11 is 1.17. The van der Waals surface area contributed by atoms with E-state index in [4.69, 9.17) is 4.42 Å². The topological polar surface area (TPSA) is 102 Å². The van der Waals surface area contributed by atoms with Crippen LogP contribution < -0.4 is 5.32 Å². The van der Waals surface area contributed by atoms with E-state index < -0.39 is 9.84 Å². The Morgan fingerprint density at radius 3 is 2.88 bits per heavy atom. The number of benzene rings is 1. The minimum atomic E-state index is -2.91. The third kappa shape index (κ3) is 4.85. The second-order valence-electron chi connectivity index (χ2n) is 6.52. The second-order valence-corrected chi connectivity index (χ2v) is 9.67. The van der Waals surface area contributed by atoms with Crippen LogP contribution in [0.5, 0.6) is 0 Å². The van der Waals surface area contributed by atoms with Gasteiger partial charge in [-0.3, -0.25) is 4.79 Å². The molecule has 1 atom stereocenters. The summed E-state index contributed by atoms with van der Waals surface area (Å²) in [5.41, 5.74) is 2.95. The molecule has 1 saturated heterocycles. The van der Waals surface area contributed by atoms with Crippen molar-refractivity contribution >= 4 is 33.2 Å². The summed E-state index contributed by atoms with van der Waals surface area (Å²) in [6.45, 7) is 3.96. The molecule has 0 spiro atoms. The summed E-state index contributed by atoms with van der Waals surface area (Å²) in [7, 11) is -2.91. The van der Waals surface area contributed by atoms with Crippen molar-refractivity contribution in [3.8, 4) is 0 Å². The average molecular weight is 396 g/mol. The van der Waals surface area contributed by atoms with Gasteiger partial charge in [0.1, 0.15) is 0 Å². The molecule has 1 amide bonds. The fourth-order valence-electron chi connectivity index (χ4n) is 2.86. The molecule has 0 radical (unpaired) electrons. The highest BCUT2D eigenvalue weighted by Crippen LogP contribution is 2.24. The number of anilines is 1. The van der Waals surface area contributed by atoms with Crippen LogP contribution in [0.1, 0.15) is 23.4 Å². The highest BCUT2D eigenvalue weighted by molar-refractivity contribution is 7.99. The fourth-order valence-corrected chi connectivity index (χ4v) is 5.30. The molecule has 2 heterocycles. The van der Waals surface area contributed by atoms with Gasteiger partial charge >= 0.3 is 0 Å². The number of sulfone groups is 1. The van der Waals surface area contributed by atoms with Gasteiger partial charge in [0.15, 0.2) is 9.84 Å². The molecule has 0 unspecified atom stereocenters. The second kappa shape index (κ2) is 7.79. The number of aryl methyl sites for hydroxylation is 1. The number of nitrogens with zero attached hydrogens (tertiary/aromatic N) is 2. The summed E-state index contributed by atoms with van der Waals surface area (Å²) in [5, 5.41) is 11.1. The van der Waals surface area contributed by atoms with Crippen LogP contribution in [0.3, 0.4) is 0 Å². The molecule has 26 heavy (non-hydrogen) atoms. The van der Waals surface area contributed by atoms with Crippen molar-refractivity contribution in [2.24, 2.45) is 5.92 Å². The lowest BCUT2D eigenvalue weighted by Crippen LogP contribution is -2.15. The zero-order valence-corrected chi connectivity index (χ0v) is 16.3. The number of hydrogen-bond donors (Lipinski definition) is 1. The third-order valence-electron chi connectivity index (χ3n) is 4.44. The van der Waals surface area contributed by atoms with Gasteiger partial charge in [-0.1, -0.05) is 23.9 Å². The van der Waals surface area contributed by atoms with E-state index in [-0.39, 0.29) is 29.1 Å². The number of carbonyl (C=O) groups excluding carboxylic acids is 1. The largest absolute Gasteiger partial charge is 0.416 e. The first-order valence-corrected chi connectivity index (χ1v) is 11.1. The summed E-state index contributed by atoms with van der Waals surface area (Å²) in [6, 6.07) is 5.76. The molecule has 7 nitrogen and oxygen atoms in total. The van der Waals surface area contributed by atoms with Crippen molar-refractivity contribution in [2.45, 2.75) is 31.9 Å². The molecular weight excluding hydrogens is 374 g/mol. The highest BCUT2D eigenvalue weighted by atomic mass is 32.2. The van der Waals surface area contributed by atoms with Crippen LogP contribution in [0, 0.1) is 19.8 Å². The van der Waals surface area contributed by atoms with Crippen LogP contribution in [0.4, 0.5) is 5.69 Å². The third-order valence-corrected chi connectivity index (χ3v) is 7.10. The van der Waals surface area contributed by atoms with E-state index >= 15 is 0 Å². The summed E-state index contributed by atoms with van der Waals surface area (Å²) < 4.78 is 28.5. The van der Waals surface area contributed by atoms with Gasteiger partial charge < -0.3 is 9.73 Å². The van der Waals surface area contributed by atoms with Crippen LogP contribution in [0.15, 0.2) is 27.8 Å². The smallest absolute Gasteiger partial charge is 0.277 e. The first-order valence-electron chi connectivity index (χ1n) is 8.34. The molecule has 1 aliphatic heterocycles. The zero-order chi connectivity index (χ0) is 18.7. The van der Waals surface area contributed by atoms with Crippen molar-refractivity contribution < 1.29 is 17.6 Å². The molecule has 1 N–H and O–H groups in total. The van der Waals surface area contributed by atoms with Crippen molar-refractivity contribution in [3.63, 3.8) is 0 Å². The van der Waals surface area contributed by atoms with Crippen LogP contribution in [-0.2, 0) is 21.1 Å². The van der Waals surface area contributed by atoms with E-state index in [1.54, 1.807) is 0 Å². The number of carbonyl (C=O) groups is 1. The van der Waals surface area contributed by atoms with Crippen LogP contribution >= 0.6 is 11.8 Å². The SMILES string of the molecule is Cc1cccc(NC(=O)CSc2nnc(C[C@@H]3CCS(=O)(=O)C3)o2)c1C. The Balaban J connectivity index is 1.50. The van der Waals surface area contributed by atoms with E-state index in [0.29, 0.717) is 24.0 Å². The number of thioether (sulfide) groups is 1. The van der Waals surface area contributed by atoms with Gasteiger partial charge in [0.05, 0.1) is 17.3 Å². The molecule has 0 saturated carbocycles. The summed E-state index contributed by atoms with van der Waals surface area (Å²) in [4.78, 5) is 12.1. The monoisotopic (exact) mass is 395 g/mol. The van der Waals surface area contributed by atoms with E-state index in [9.17, 15) is 13.2 Å². The lowest BCUT2D eigenvalue weighted by Gasteiger charge is -2.09. The number of amides is 1. The van der Waals surface area contributed by atoms with Crippen molar-refractivity contribution in [1.29, 1.82) is 0 Å². The first-order chi connectivity index (χ1) is 12.3. The highest BCUT2D eigenvalue weighted by Gasteiger charge is 2.29. The Kier molecular flexibility index (Phi) is 5.67. The van der Waals surface area contributed by atoms with E-state index in [1.165, 1.54) is 11.8 Å². The Morgan fingerprint density at radius 1 is 1.35 bits per heavy atom. The molecule has 3 rings (SSSR count). The lowest BCUT2D eigenvalue weighted by molar-refractivity contribution is -0.113. The number of nitrogens with one attached hydrogen (secondary N) is 1. The lowest BCUT2D eigenvalue weighted by atomic mass is 10.1. The van der Waals surface area contributed by atoms with Crippen LogP contribution in [0.2, 0.25) is 0 Å². The standard InChI is InChI=1S/C17H21N3O4S2/c1-11-4-3-5-14(12(11)2)18-15(21)9-25-17-20-19-16(24-17)8-13-6-7-26(22,23)10-13/h3-5,13H,6-10H2,1-2H3,(H,18,21)/t13-/m0/s1. The van der Waals surface area contributed by atoms with Gasteiger partial charge in [0, 0.05) is 12.1 Å². The van der Waals surface area contributed by atoms with Gasteiger partial charge in [0.25, 0.3) is 5.22 Å². The maximum atomic E-state index is 12.1. The van der Waals surface area contributed by atoms with Gasteiger partial charge in [-0.15, -0.1) is 10.2 Å². The van der Waals surface area contributed by atoms with E-state index in [0.717, 1.165) is 16.8 Å². The van der Waals surface area contributed by atoms with Gasteiger partial charge in [-0.05, 0) is 43.4 Å². The molecule has 1 aromatic heterocycles. The number of hydrogen-bond acceptors (Lipinski definition) is 7. The maximum absolute atomic E-state index is 12.1. The molecule has 1 fully saturated rings. The summed E-state index contributed by atoms with van der Waals surface area (Å²) in [5.74, 6) is 0.871. The minimum absolute atomic E-state index is 0.0332. The van der Waals surface area contributed by atoms with Crippen LogP contribution in [-0.4, -0.2) is 41.8 Å². The molecule has 2 aromatic rings. The Labute approximate surface area is 156 Å². The quantitative estimate of drug-likeness (QED) is 0.749. The Morgan fingerprint density at radius 2 is 2.15 bits per heavy atom. The predicted octanol–water partition coefficient (Wildman–Crippen LogP) is 2.39. The molecule has 0 bridgehead atoms. The molecular formula is C17H21N3O4S2. The molecule has 1 aromatic carbocycles.